The van der Waals surface area contributed by atoms with Crippen LogP contribution in [0.25, 0.3) is 10.9 Å². The van der Waals surface area contributed by atoms with Crippen LogP contribution in [0.3, 0.4) is 0 Å². The molecule has 0 bridgehead atoms. The highest BCUT2D eigenvalue weighted by Crippen LogP contribution is 2.28. The molecule has 0 saturated heterocycles. The van der Waals surface area contributed by atoms with Gasteiger partial charge in [-0.3, -0.25) is 9.67 Å². The summed E-state index contributed by atoms with van der Waals surface area (Å²) in [5, 5.41) is 18.0. The van der Waals surface area contributed by atoms with Crippen molar-refractivity contribution in [1.29, 1.82) is 5.26 Å². The Morgan fingerprint density at radius 3 is 2.76 bits per heavy atom. The van der Waals surface area contributed by atoms with Crippen molar-refractivity contribution in [3.63, 3.8) is 0 Å². The number of para-hydroxylation sites is 1. The number of pyridine rings is 1. The minimum atomic E-state index is 0.566. The fourth-order valence-electron chi connectivity index (χ4n) is 2.47. The van der Waals surface area contributed by atoms with Gasteiger partial charge in [0.1, 0.15) is 17.5 Å². The SMILES string of the molecule is Cc1cc(Nc2c(C#N)c(C)nn2C)c2ccccc2n1. The van der Waals surface area contributed by atoms with Crippen molar-refractivity contribution in [2.24, 2.45) is 7.05 Å². The Balaban J connectivity index is 2.17. The number of nitriles is 1. The molecule has 2 aromatic heterocycles. The van der Waals surface area contributed by atoms with Crippen LogP contribution in [-0.4, -0.2) is 14.8 Å². The Kier molecular flexibility index (Phi) is 3.07. The van der Waals surface area contributed by atoms with Gasteiger partial charge in [0.25, 0.3) is 0 Å². The summed E-state index contributed by atoms with van der Waals surface area (Å²) < 4.78 is 1.69. The molecule has 0 radical (unpaired) electrons. The van der Waals surface area contributed by atoms with E-state index < -0.39 is 0 Å². The summed E-state index contributed by atoms with van der Waals surface area (Å²) in [4.78, 5) is 4.52. The maximum atomic E-state index is 9.30. The smallest absolute Gasteiger partial charge is 0.146 e. The number of nitrogens with zero attached hydrogens (tertiary/aromatic N) is 4. The lowest BCUT2D eigenvalue weighted by atomic mass is 10.1. The van der Waals surface area contributed by atoms with Gasteiger partial charge in [0.15, 0.2) is 0 Å². The number of rotatable bonds is 2. The number of anilines is 2. The predicted molar refractivity (Wildman–Crippen MR) is 82.4 cm³/mol. The van der Waals surface area contributed by atoms with Crippen molar-refractivity contribution in [3.05, 3.63) is 47.3 Å². The van der Waals surface area contributed by atoms with Crippen molar-refractivity contribution in [2.45, 2.75) is 13.8 Å². The van der Waals surface area contributed by atoms with E-state index in [1.54, 1.807) is 4.68 Å². The van der Waals surface area contributed by atoms with Gasteiger partial charge in [0.2, 0.25) is 0 Å². The van der Waals surface area contributed by atoms with E-state index in [0.29, 0.717) is 11.4 Å². The summed E-state index contributed by atoms with van der Waals surface area (Å²) in [5.41, 5.74) is 4.07. The largest absolute Gasteiger partial charge is 0.339 e. The van der Waals surface area contributed by atoms with Crippen molar-refractivity contribution < 1.29 is 0 Å². The lowest BCUT2D eigenvalue weighted by Crippen LogP contribution is -2.02. The highest BCUT2D eigenvalue weighted by molar-refractivity contribution is 5.93. The van der Waals surface area contributed by atoms with E-state index in [0.717, 1.165) is 28.0 Å². The van der Waals surface area contributed by atoms with Crippen LogP contribution in [0.4, 0.5) is 11.5 Å². The third-order valence-corrected chi connectivity index (χ3v) is 3.43. The average molecular weight is 277 g/mol. The van der Waals surface area contributed by atoms with Crippen LogP contribution in [0, 0.1) is 25.2 Å². The normalized spacial score (nSPS) is 10.6. The second kappa shape index (κ2) is 4.91. The highest BCUT2D eigenvalue weighted by atomic mass is 15.3. The van der Waals surface area contributed by atoms with Crippen LogP contribution in [0.15, 0.2) is 30.3 Å². The quantitative estimate of drug-likeness (QED) is 0.781. The zero-order valence-corrected chi connectivity index (χ0v) is 12.2. The van der Waals surface area contributed by atoms with E-state index in [-0.39, 0.29) is 0 Å². The molecule has 3 aromatic rings. The van der Waals surface area contributed by atoms with Crippen LogP contribution in [0.1, 0.15) is 17.0 Å². The molecule has 5 nitrogen and oxygen atoms in total. The monoisotopic (exact) mass is 277 g/mol. The number of hydrogen-bond acceptors (Lipinski definition) is 4. The van der Waals surface area contributed by atoms with Crippen LogP contribution >= 0.6 is 0 Å². The van der Waals surface area contributed by atoms with Crippen LogP contribution in [0.5, 0.6) is 0 Å². The van der Waals surface area contributed by atoms with Gasteiger partial charge in [-0.25, -0.2) is 0 Å². The number of aryl methyl sites for hydroxylation is 3. The van der Waals surface area contributed by atoms with E-state index in [1.165, 1.54) is 0 Å². The number of hydrogen-bond donors (Lipinski definition) is 1. The zero-order chi connectivity index (χ0) is 15.0. The molecule has 0 unspecified atom stereocenters. The summed E-state index contributed by atoms with van der Waals surface area (Å²) >= 11 is 0. The first kappa shape index (κ1) is 13.1. The van der Waals surface area contributed by atoms with E-state index in [1.807, 2.05) is 51.2 Å². The zero-order valence-electron chi connectivity index (χ0n) is 12.2. The minimum absolute atomic E-state index is 0.566. The first-order valence-corrected chi connectivity index (χ1v) is 6.67. The van der Waals surface area contributed by atoms with Crippen molar-refractivity contribution in [2.75, 3.05) is 5.32 Å². The lowest BCUT2D eigenvalue weighted by molar-refractivity contribution is 0.765. The van der Waals surface area contributed by atoms with Gasteiger partial charge in [-0.05, 0) is 26.0 Å². The van der Waals surface area contributed by atoms with Crippen molar-refractivity contribution >= 4 is 22.4 Å². The first-order chi connectivity index (χ1) is 10.1. The number of aromatic nitrogens is 3. The molecule has 1 aromatic carbocycles. The Bertz CT molecular complexity index is 870. The maximum Gasteiger partial charge on any atom is 0.146 e. The van der Waals surface area contributed by atoms with Crippen LogP contribution < -0.4 is 5.32 Å². The van der Waals surface area contributed by atoms with E-state index in [4.69, 9.17) is 0 Å². The summed E-state index contributed by atoms with van der Waals surface area (Å²) in [7, 11) is 1.83. The Morgan fingerprint density at radius 1 is 1.24 bits per heavy atom. The van der Waals surface area contributed by atoms with Crippen LogP contribution in [-0.2, 0) is 7.05 Å². The molecule has 3 rings (SSSR count). The Labute approximate surface area is 122 Å². The third kappa shape index (κ3) is 2.21. The first-order valence-electron chi connectivity index (χ1n) is 6.67. The molecule has 21 heavy (non-hydrogen) atoms. The summed E-state index contributed by atoms with van der Waals surface area (Å²) in [6.07, 6.45) is 0. The van der Waals surface area contributed by atoms with E-state index >= 15 is 0 Å². The molecule has 5 heteroatoms. The lowest BCUT2D eigenvalue weighted by Gasteiger charge is -2.11. The third-order valence-electron chi connectivity index (χ3n) is 3.43. The number of benzene rings is 1. The second-order valence-electron chi connectivity index (χ2n) is 5.00. The predicted octanol–water partition coefficient (Wildman–Crippen LogP) is 3.20. The molecule has 2 heterocycles. The number of fused-ring (bicyclic) bond motifs is 1. The fourth-order valence-corrected chi connectivity index (χ4v) is 2.47. The molecule has 0 saturated carbocycles. The topological polar surface area (TPSA) is 66.5 Å². The molecular weight excluding hydrogens is 262 g/mol. The van der Waals surface area contributed by atoms with E-state index in [9.17, 15) is 5.26 Å². The van der Waals surface area contributed by atoms with Gasteiger partial charge >= 0.3 is 0 Å². The summed E-state index contributed by atoms with van der Waals surface area (Å²) in [6, 6.07) is 12.1. The van der Waals surface area contributed by atoms with Gasteiger partial charge in [0.05, 0.1) is 16.9 Å². The van der Waals surface area contributed by atoms with E-state index in [2.05, 4.69) is 21.5 Å². The molecule has 104 valence electrons. The molecule has 0 aliphatic carbocycles. The van der Waals surface area contributed by atoms with Gasteiger partial charge < -0.3 is 5.32 Å². The van der Waals surface area contributed by atoms with Crippen molar-refractivity contribution in [1.82, 2.24) is 14.8 Å². The summed E-state index contributed by atoms with van der Waals surface area (Å²) in [6.45, 7) is 3.79. The molecule has 0 fully saturated rings. The number of nitrogens with one attached hydrogen (secondary N) is 1. The Morgan fingerprint density at radius 2 is 2.00 bits per heavy atom. The second-order valence-corrected chi connectivity index (χ2v) is 5.00. The molecule has 0 aliphatic heterocycles. The minimum Gasteiger partial charge on any atom is -0.339 e. The molecular formula is C16H15N5. The van der Waals surface area contributed by atoms with Gasteiger partial charge in [-0.15, -0.1) is 0 Å². The molecule has 0 atom stereocenters. The highest BCUT2D eigenvalue weighted by Gasteiger charge is 2.14. The average Bonchev–Trinajstić information content (AvgIpc) is 2.72. The maximum absolute atomic E-state index is 9.30. The van der Waals surface area contributed by atoms with Gasteiger partial charge in [0, 0.05) is 18.1 Å². The Hall–Kier alpha value is -2.87. The van der Waals surface area contributed by atoms with Crippen molar-refractivity contribution in [3.8, 4) is 6.07 Å². The molecule has 0 spiro atoms. The molecule has 0 aliphatic rings. The molecule has 0 amide bonds. The summed E-state index contributed by atoms with van der Waals surface area (Å²) in [5.74, 6) is 0.700. The van der Waals surface area contributed by atoms with Gasteiger partial charge in [-0.2, -0.15) is 10.4 Å². The fraction of sp³-hybridized carbons (Fsp3) is 0.188. The van der Waals surface area contributed by atoms with Gasteiger partial charge in [-0.1, -0.05) is 18.2 Å². The van der Waals surface area contributed by atoms with Crippen LogP contribution in [0.2, 0.25) is 0 Å². The molecule has 1 N–H and O–H groups in total. The standard InChI is InChI=1S/C16H15N5/c1-10-8-15(12-6-4-5-7-14(12)18-10)19-16-13(9-17)11(2)20-21(16)3/h4-8H,1-3H3,(H,18,19).